The molecule has 0 saturated carbocycles. The van der Waals surface area contributed by atoms with Gasteiger partial charge in [-0.3, -0.25) is 4.79 Å². The number of carbonyl (C=O) groups is 1. The van der Waals surface area contributed by atoms with Crippen molar-refractivity contribution in [3.63, 3.8) is 0 Å². The van der Waals surface area contributed by atoms with Gasteiger partial charge in [0.05, 0.1) is 11.2 Å². The van der Waals surface area contributed by atoms with E-state index in [4.69, 9.17) is 5.84 Å². The van der Waals surface area contributed by atoms with Gasteiger partial charge in [-0.2, -0.15) is 0 Å². The molecule has 2 aromatic rings. The average molecular weight is 286 g/mol. The predicted molar refractivity (Wildman–Crippen MR) is 80.7 cm³/mol. The van der Waals surface area contributed by atoms with Gasteiger partial charge in [-0.25, -0.2) is 10.8 Å². The molecule has 1 amide bonds. The fourth-order valence-electron chi connectivity index (χ4n) is 2.77. The molecule has 2 heterocycles. The fourth-order valence-corrected chi connectivity index (χ4v) is 2.77. The molecule has 1 aliphatic rings. The van der Waals surface area contributed by atoms with Crippen LogP contribution in [-0.4, -0.2) is 39.6 Å². The van der Waals surface area contributed by atoms with Crippen molar-refractivity contribution < 1.29 is 9.90 Å². The summed E-state index contributed by atoms with van der Waals surface area (Å²) in [4.78, 5) is 18.5. The summed E-state index contributed by atoms with van der Waals surface area (Å²) < 4.78 is 0. The number of hydrogen-bond donors (Lipinski definition) is 3. The zero-order chi connectivity index (χ0) is 15.0. The molecule has 1 aliphatic heterocycles. The van der Waals surface area contributed by atoms with E-state index in [2.05, 4.69) is 10.4 Å². The Morgan fingerprint density at radius 1 is 1.43 bits per heavy atom. The third kappa shape index (κ3) is 2.43. The molecule has 4 N–H and O–H groups in total. The molecule has 0 radical (unpaired) electrons. The van der Waals surface area contributed by atoms with E-state index in [-0.39, 0.29) is 5.91 Å². The monoisotopic (exact) mass is 286 g/mol. The van der Waals surface area contributed by atoms with Crippen molar-refractivity contribution in [2.75, 3.05) is 18.5 Å². The maximum Gasteiger partial charge on any atom is 0.256 e. The van der Waals surface area contributed by atoms with Crippen LogP contribution in [0.4, 0.5) is 5.82 Å². The highest BCUT2D eigenvalue weighted by Gasteiger charge is 2.34. The van der Waals surface area contributed by atoms with E-state index >= 15 is 0 Å². The first kappa shape index (κ1) is 13.8. The maximum absolute atomic E-state index is 12.7. The average Bonchev–Trinajstić information content (AvgIpc) is 2.85. The highest BCUT2D eigenvalue weighted by Crippen LogP contribution is 2.27. The van der Waals surface area contributed by atoms with Gasteiger partial charge in [0.2, 0.25) is 0 Å². The number of rotatable bonds is 2. The number of amides is 1. The summed E-state index contributed by atoms with van der Waals surface area (Å²) in [5.74, 6) is 5.89. The van der Waals surface area contributed by atoms with Crippen LogP contribution < -0.4 is 11.3 Å². The normalized spacial score (nSPS) is 21.8. The third-order valence-corrected chi connectivity index (χ3v) is 3.90. The quantitative estimate of drug-likeness (QED) is 0.568. The van der Waals surface area contributed by atoms with Crippen LogP contribution in [0.25, 0.3) is 10.8 Å². The molecule has 3 rings (SSSR count). The smallest absolute Gasteiger partial charge is 0.256 e. The number of benzene rings is 1. The minimum absolute atomic E-state index is 0.111. The molecule has 21 heavy (non-hydrogen) atoms. The minimum Gasteiger partial charge on any atom is -0.388 e. The van der Waals surface area contributed by atoms with Crippen molar-refractivity contribution >= 4 is 22.5 Å². The van der Waals surface area contributed by atoms with Crippen molar-refractivity contribution in [1.29, 1.82) is 0 Å². The van der Waals surface area contributed by atoms with Gasteiger partial charge in [0, 0.05) is 24.7 Å². The molecule has 1 aromatic heterocycles. The summed E-state index contributed by atoms with van der Waals surface area (Å²) in [6.07, 6.45) is 2.12. The van der Waals surface area contributed by atoms with Gasteiger partial charge in [0.15, 0.2) is 0 Å². The number of aromatic nitrogens is 1. The molecule has 1 saturated heterocycles. The highest BCUT2D eigenvalue weighted by molar-refractivity contribution is 6.09. The Morgan fingerprint density at radius 2 is 2.14 bits per heavy atom. The lowest BCUT2D eigenvalue weighted by atomic mass is 10.1. The lowest BCUT2D eigenvalue weighted by Crippen LogP contribution is -2.34. The first-order valence-electron chi connectivity index (χ1n) is 6.88. The van der Waals surface area contributed by atoms with Crippen molar-refractivity contribution in [3.05, 3.63) is 36.0 Å². The third-order valence-electron chi connectivity index (χ3n) is 3.90. The molecule has 110 valence electrons. The van der Waals surface area contributed by atoms with E-state index in [0.717, 1.165) is 10.8 Å². The van der Waals surface area contributed by atoms with E-state index in [9.17, 15) is 9.90 Å². The number of fused-ring (bicyclic) bond motifs is 1. The van der Waals surface area contributed by atoms with Crippen LogP contribution in [0.2, 0.25) is 0 Å². The number of nitrogens with zero attached hydrogens (tertiary/aromatic N) is 2. The summed E-state index contributed by atoms with van der Waals surface area (Å²) in [5.41, 5.74) is 2.26. The molecule has 1 aromatic carbocycles. The number of carbonyl (C=O) groups excluding carboxylic acids is 1. The summed E-state index contributed by atoms with van der Waals surface area (Å²) in [6.45, 7) is 2.65. The molecule has 0 spiro atoms. The topological polar surface area (TPSA) is 91.5 Å². The minimum atomic E-state index is -0.808. The van der Waals surface area contributed by atoms with Gasteiger partial charge in [-0.1, -0.05) is 24.3 Å². The second-order valence-corrected chi connectivity index (χ2v) is 5.68. The summed E-state index contributed by atoms with van der Waals surface area (Å²) in [7, 11) is 0. The van der Waals surface area contributed by atoms with Gasteiger partial charge < -0.3 is 15.4 Å². The van der Waals surface area contributed by atoms with Crippen LogP contribution in [0.15, 0.2) is 30.5 Å². The van der Waals surface area contributed by atoms with Gasteiger partial charge in [0.1, 0.15) is 5.82 Å². The van der Waals surface area contributed by atoms with Crippen molar-refractivity contribution in [2.45, 2.75) is 18.9 Å². The first-order valence-corrected chi connectivity index (χ1v) is 6.88. The lowest BCUT2D eigenvalue weighted by molar-refractivity contribution is 0.0573. The molecule has 6 nitrogen and oxygen atoms in total. The van der Waals surface area contributed by atoms with Crippen LogP contribution >= 0.6 is 0 Å². The molecule has 6 heteroatoms. The Labute approximate surface area is 122 Å². The SMILES string of the molecule is CC1(O)CCN(C(=O)c2cnc(NN)c3ccccc23)C1. The van der Waals surface area contributed by atoms with Crippen LogP contribution in [0.3, 0.4) is 0 Å². The van der Waals surface area contributed by atoms with Crippen LogP contribution in [0.5, 0.6) is 0 Å². The largest absolute Gasteiger partial charge is 0.388 e. The first-order chi connectivity index (χ1) is 10.0. The van der Waals surface area contributed by atoms with Gasteiger partial charge in [0.25, 0.3) is 5.91 Å². The Hall–Kier alpha value is -2.18. The van der Waals surface area contributed by atoms with E-state index in [1.165, 1.54) is 6.20 Å². The van der Waals surface area contributed by atoms with E-state index < -0.39 is 5.60 Å². The maximum atomic E-state index is 12.7. The Morgan fingerprint density at radius 3 is 2.76 bits per heavy atom. The number of nitrogen functional groups attached to an aromatic ring is 1. The number of aliphatic hydroxyl groups is 1. The van der Waals surface area contributed by atoms with E-state index in [1.54, 1.807) is 11.8 Å². The van der Waals surface area contributed by atoms with Crippen molar-refractivity contribution in [3.8, 4) is 0 Å². The molecular formula is C15H18N4O2. The van der Waals surface area contributed by atoms with Crippen LogP contribution in [0, 0.1) is 0 Å². The number of nitrogens with one attached hydrogen (secondary N) is 1. The van der Waals surface area contributed by atoms with Gasteiger partial charge >= 0.3 is 0 Å². The summed E-state index contributed by atoms with van der Waals surface area (Å²) >= 11 is 0. The molecule has 0 aliphatic carbocycles. The van der Waals surface area contributed by atoms with E-state index in [1.807, 2.05) is 24.3 Å². The second-order valence-electron chi connectivity index (χ2n) is 5.68. The number of β-amino-alcohol motifs (C(OH)–C–C–N with tert-alkyl or cyclic N) is 1. The van der Waals surface area contributed by atoms with Gasteiger partial charge in [-0.15, -0.1) is 0 Å². The standard InChI is InChI=1S/C15H18N4O2/c1-15(21)6-7-19(9-15)14(20)12-8-17-13(18-16)11-5-3-2-4-10(11)12/h2-5,8,21H,6-7,9,16H2,1H3,(H,17,18). The summed E-state index contributed by atoms with van der Waals surface area (Å²) in [5, 5.41) is 11.6. The molecular weight excluding hydrogens is 268 g/mol. The molecule has 1 unspecified atom stereocenters. The molecule has 1 atom stereocenters. The van der Waals surface area contributed by atoms with Crippen molar-refractivity contribution in [1.82, 2.24) is 9.88 Å². The lowest BCUT2D eigenvalue weighted by Gasteiger charge is -2.20. The van der Waals surface area contributed by atoms with Crippen LogP contribution in [0.1, 0.15) is 23.7 Å². The fraction of sp³-hybridized carbons (Fsp3) is 0.333. The number of pyridine rings is 1. The Kier molecular flexibility index (Phi) is 3.27. The zero-order valence-corrected chi connectivity index (χ0v) is 11.8. The second kappa shape index (κ2) is 4.98. The van der Waals surface area contributed by atoms with Crippen molar-refractivity contribution in [2.24, 2.45) is 5.84 Å². The number of nitrogens with two attached hydrogens (primary N) is 1. The number of hydrazine groups is 1. The van der Waals surface area contributed by atoms with Gasteiger partial charge in [-0.05, 0) is 18.7 Å². The Balaban J connectivity index is 2.03. The number of likely N-dealkylation sites (tertiary alicyclic amines) is 1. The van der Waals surface area contributed by atoms with E-state index in [0.29, 0.717) is 30.9 Å². The van der Waals surface area contributed by atoms with Crippen LogP contribution in [-0.2, 0) is 0 Å². The zero-order valence-electron chi connectivity index (χ0n) is 11.8. The summed E-state index contributed by atoms with van der Waals surface area (Å²) in [6, 6.07) is 7.49. The predicted octanol–water partition coefficient (Wildman–Crippen LogP) is 1.12. The molecule has 0 bridgehead atoms. The highest BCUT2D eigenvalue weighted by atomic mass is 16.3. The Bertz CT molecular complexity index is 699. The number of anilines is 1. The number of hydrogen-bond acceptors (Lipinski definition) is 5. The molecule has 1 fully saturated rings.